The first-order chi connectivity index (χ1) is 13.1. The Hall–Kier alpha value is -0.890. The van der Waals surface area contributed by atoms with Gasteiger partial charge in [-0.25, -0.2) is 0 Å². The first-order valence-corrected chi connectivity index (χ1v) is 10.6. The first-order valence-electron chi connectivity index (χ1n) is 10.6. The van der Waals surface area contributed by atoms with Crippen molar-refractivity contribution >= 4 is 5.96 Å². The maximum atomic E-state index is 5.72. The second-order valence-corrected chi connectivity index (χ2v) is 8.07. The van der Waals surface area contributed by atoms with Crippen LogP contribution in [0.5, 0.6) is 0 Å². The predicted octanol–water partition coefficient (Wildman–Crippen LogP) is 0.820. The molecule has 27 heavy (non-hydrogen) atoms. The summed E-state index contributed by atoms with van der Waals surface area (Å²) in [5, 5.41) is 3.48. The zero-order valence-electron chi connectivity index (χ0n) is 18.0. The number of guanidine groups is 1. The van der Waals surface area contributed by atoms with Crippen molar-refractivity contribution in [2.45, 2.75) is 20.3 Å². The molecule has 0 spiro atoms. The van der Waals surface area contributed by atoms with Gasteiger partial charge in [0.2, 0.25) is 0 Å². The lowest BCUT2D eigenvalue weighted by Gasteiger charge is -2.33. The van der Waals surface area contributed by atoms with E-state index in [-0.39, 0.29) is 0 Å². The van der Waals surface area contributed by atoms with E-state index in [1.165, 1.54) is 32.6 Å². The summed E-state index contributed by atoms with van der Waals surface area (Å²) in [5.74, 6) is 2.24. The van der Waals surface area contributed by atoms with Crippen LogP contribution in [0.15, 0.2) is 4.99 Å². The van der Waals surface area contributed by atoms with Gasteiger partial charge in [0, 0.05) is 71.9 Å². The summed E-state index contributed by atoms with van der Waals surface area (Å²) in [5.41, 5.74) is 0. The highest BCUT2D eigenvalue weighted by Crippen LogP contribution is 2.17. The number of nitrogens with zero attached hydrogens (tertiary/aromatic N) is 4. The number of likely N-dealkylation sites (N-methyl/N-ethyl adjacent to an activating group) is 1. The number of nitrogens with one attached hydrogen (secondary N) is 1. The number of hydrogen-bond donors (Lipinski definition) is 1. The Morgan fingerprint density at radius 1 is 1.19 bits per heavy atom. The average molecular weight is 384 g/mol. The Bertz CT molecular complexity index is 427. The predicted molar refractivity (Wildman–Crippen MR) is 111 cm³/mol. The Kier molecular flexibility index (Phi) is 10.4. The lowest BCUT2D eigenvalue weighted by atomic mass is 10.1. The van der Waals surface area contributed by atoms with Crippen molar-refractivity contribution in [1.82, 2.24) is 20.0 Å². The number of hydrogen-bond acceptors (Lipinski definition) is 5. The van der Waals surface area contributed by atoms with Gasteiger partial charge < -0.3 is 29.5 Å². The molecule has 2 aliphatic rings. The van der Waals surface area contributed by atoms with Crippen molar-refractivity contribution in [3.8, 4) is 0 Å². The van der Waals surface area contributed by atoms with Crippen LogP contribution in [0.2, 0.25) is 0 Å². The minimum atomic E-state index is 0.581. The van der Waals surface area contributed by atoms with Crippen LogP contribution in [0.25, 0.3) is 0 Å². The maximum Gasteiger partial charge on any atom is 0.193 e. The first kappa shape index (κ1) is 22.4. The van der Waals surface area contributed by atoms with Crippen LogP contribution >= 0.6 is 0 Å². The van der Waals surface area contributed by atoms with Crippen LogP contribution < -0.4 is 5.32 Å². The van der Waals surface area contributed by atoms with Crippen LogP contribution in [0.3, 0.4) is 0 Å². The van der Waals surface area contributed by atoms with Crippen LogP contribution in [-0.2, 0) is 9.47 Å². The van der Waals surface area contributed by atoms with Gasteiger partial charge >= 0.3 is 0 Å². The average Bonchev–Trinajstić information content (AvgIpc) is 3.13. The van der Waals surface area contributed by atoms with E-state index in [2.05, 4.69) is 40.9 Å². The van der Waals surface area contributed by atoms with E-state index in [0.29, 0.717) is 25.0 Å². The second-order valence-electron chi connectivity index (χ2n) is 8.07. The number of rotatable bonds is 10. The Balaban J connectivity index is 1.74. The Morgan fingerprint density at radius 2 is 1.96 bits per heavy atom. The van der Waals surface area contributed by atoms with Crippen molar-refractivity contribution in [3.63, 3.8) is 0 Å². The molecule has 0 aromatic carbocycles. The largest absolute Gasteiger partial charge is 0.382 e. The van der Waals surface area contributed by atoms with Crippen molar-refractivity contribution in [2.75, 3.05) is 92.9 Å². The molecule has 0 saturated carbocycles. The van der Waals surface area contributed by atoms with Crippen molar-refractivity contribution < 1.29 is 9.47 Å². The highest BCUT2D eigenvalue weighted by Gasteiger charge is 2.25. The molecule has 0 amide bonds. The summed E-state index contributed by atoms with van der Waals surface area (Å²) >= 11 is 0. The van der Waals surface area contributed by atoms with Crippen LogP contribution in [0.4, 0.5) is 0 Å². The van der Waals surface area contributed by atoms with Crippen LogP contribution in [0, 0.1) is 11.8 Å². The molecule has 2 aliphatic heterocycles. The number of methoxy groups -OCH3 is 1. The summed E-state index contributed by atoms with van der Waals surface area (Å²) in [6, 6.07) is 0. The molecule has 2 saturated heterocycles. The molecule has 0 aliphatic carbocycles. The molecule has 1 N–H and O–H groups in total. The lowest BCUT2D eigenvalue weighted by Crippen LogP contribution is -2.46. The van der Waals surface area contributed by atoms with Gasteiger partial charge in [-0.15, -0.1) is 0 Å². The minimum absolute atomic E-state index is 0.581. The summed E-state index contributed by atoms with van der Waals surface area (Å²) < 4.78 is 10.8. The monoisotopic (exact) mass is 383 g/mol. The molecular weight excluding hydrogens is 342 g/mol. The normalized spacial score (nSPS) is 23.8. The molecule has 2 heterocycles. The molecule has 0 bridgehead atoms. The van der Waals surface area contributed by atoms with E-state index in [1.54, 1.807) is 7.11 Å². The fourth-order valence-corrected chi connectivity index (χ4v) is 3.75. The van der Waals surface area contributed by atoms with Gasteiger partial charge in [0.1, 0.15) is 0 Å². The Labute approximate surface area is 166 Å². The van der Waals surface area contributed by atoms with Crippen molar-refractivity contribution in [1.29, 1.82) is 0 Å². The van der Waals surface area contributed by atoms with E-state index >= 15 is 0 Å². The quantitative estimate of drug-likeness (QED) is 0.342. The highest BCUT2D eigenvalue weighted by atomic mass is 16.5. The molecule has 2 unspecified atom stereocenters. The SMILES string of the molecule is CCNC(=NCC(C)CN1CCN(C)CC1)N1CCC(COCCOC)C1. The summed E-state index contributed by atoms with van der Waals surface area (Å²) in [6.07, 6.45) is 1.17. The zero-order chi connectivity index (χ0) is 19.5. The maximum absolute atomic E-state index is 5.72. The third-order valence-corrected chi connectivity index (χ3v) is 5.42. The summed E-state index contributed by atoms with van der Waals surface area (Å²) in [7, 11) is 3.92. The molecule has 2 fully saturated rings. The van der Waals surface area contributed by atoms with Crippen LogP contribution in [-0.4, -0.2) is 114 Å². The van der Waals surface area contributed by atoms with Gasteiger partial charge in [-0.2, -0.15) is 0 Å². The van der Waals surface area contributed by atoms with Gasteiger partial charge in [-0.05, 0) is 26.3 Å². The smallest absolute Gasteiger partial charge is 0.193 e. The Morgan fingerprint density at radius 3 is 2.67 bits per heavy atom. The number of likely N-dealkylation sites (tertiary alicyclic amines) is 1. The standard InChI is InChI=1S/C20H41N5O2/c1-5-21-20(25-7-6-19(16-25)17-27-13-12-26-4)22-14-18(2)15-24-10-8-23(3)9-11-24/h18-19H,5-17H2,1-4H3,(H,21,22). The summed E-state index contributed by atoms with van der Waals surface area (Å²) in [6.45, 7) is 16.4. The van der Waals surface area contributed by atoms with E-state index in [0.717, 1.165) is 45.3 Å². The van der Waals surface area contributed by atoms with E-state index in [1.807, 2.05) is 0 Å². The molecule has 158 valence electrons. The molecule has 7 heteroatoms. The van der Waals surface area contributed by atoms with Gasteiger partial charge in [0.05, 0.1) is 19.8 Å². The van der Waals surface area contributed by atoms with E-state index in [4.69, 9.17) is 14.5 Å². The van der Waals surface area contributed by atoms with Crippen molar-refractivity contribution in [3.05, 3.63) is 0 Å². The molecule has 2 atom stereocenters. The lowest BCUT2D eigenvalue weighted by molar-refractivity contribution is 0.0536. The highest BCUT2D eigenvalue weighted by molar-refractivity contribution is 5.80. The molecule has 0 aromatic heterocycles. The number of ether oxygens (including phenoxy) is 2. The van der Waals surface area contributed by atoms with Gasteiger partial charge in [0.25, 0.3) is 0 Å². The molecule has 0 radical (unpaired) electrons. The van der Waals surface area contributed by atoms with E-state index in [9.17, 15) is 0 Å². The topological polar surface area (TPSA) is 52.6 Å². The number of aliphatic imine (C=N–C) groups is 1. The molecule has 2 rings (SSSR count). The summed E-state index contributed by atoms with van der Waals surface area (Å²) in [4.78, 5) is 12.3. The van der Waals surface area contributed by atoms with Gasteiger partial charge in [-0.1, -0.05) is 6.92 Å². The molecular formula is C20H41N5O2. The number of piperazine rings is 1. The zero-order valence-corrected chi connectivity index (χ0v) is 18.0. The fourth-order valence-electron chi connectivity index (χ4n) is 3.75. The van der Waals surface area contributed by atoms with E-state index < -0.39 is 0 Å². The fraction of sp³-hybridized carbons (Fsp3) is 0.950. The second kappa shape index (κ2) is 12.5. The molecule has 7 nitrogen and oxygen atoms in total. The van der Waals surface area contributed by atoms with Gasteiger partial charge in [0.15, 0.2) is 5.96 Å². The third kappa shape index (κ3) is 8.34. The van der Waals surface area contributed by atoms with Gasteiger partial charge in [-0.3, -0.25) is 4.99 Å². The van der Waals surface area contributed by atoms with Crippen molar-refractivity contribution in [2.24, 2.45) is 16.8 Å². The minimum Gasteiger partial charge on any atom is -0.382 e. The third-order valence-electron chi connectivity index (χ3n) is 5.42. The van der Waals surface area contributed by atoms with Crippen LogP contribution in [0.1, 0.15) is 20.3 Å². The molecule has 0 aromatic rings.